The first kappa shape index (κ1) is 14.8. The van der Waals surface area contributed by atoms with Crippen molar-refractivity contribution < 1.29 is 10.2 Å². The smallest absolute Gasteiger partial charge is 0.0920 e. The molecule has 2 N–H and O–H groups in total. The quantitative estimate of drug-likeness (QED) is 0.634. The highest BCUT2D eigenvalue weighted by Crippen LogP contribution is 2.65. The lowest BCUT2D eigenvalue weighted by atomic mass is 9.47. The molecule has 0 aromatic carbocycles. The summed E-state index contributed by atoms with van der Waals surface area (Å²) < 4.78 is 0. The summed E-state index contributed by atoms with van der Waals surface area (Å²) in [5, 5.41) is 20.4. The highest BCUT2D eigenvalue weighted by atomic mass is 16.3. The third-order valence-electron chi connectivity index (χ3n) is 8.17. The minimum atomic E-state index is -0.121. The minimum absolute atomic E-state index is 0.121. The fourth-order valence-corrected chi connectivity index (χ4v) is 6.50. The monoisotopic (exact) mass is 302 g/mol. The van der Waals surface area contributed by atoms with E-state index in [0.29, 0.717) is 23.0 Å². The number of aliphatic hydroxyl groups is 2. The van der Waals surface area contributed by atoms with E-state index in [-0.39, 0.29) is 11.5 Å². The number of rotatable bonds is 0. The molecule has 1 unspecified atom stereocenters. The normalized spacial score (nSPS) is 51.0. The van der Waals surface area contributed by atoms with Gasteiger partial charge in [-0.15, -0.1) is 0 Å². The molecule has 2 nitrogen and oxygen atoms in total. The first-order valence-electron chi connectivity index (χ1n) is 9.13. The van der Waals surface area contributed by atoms with E-state index in [9.17, 15) is 10.2 Å². The maximum Gasteiger partial charge on any atom is 0.0920 e. The van der Waals surface area contributed by atoms with E-state index in [4.69, 9.17) is 0 Å². The Kier molecular flexibility index (Phi) is 3.11. The van der Waals surface area contributed by atoms with Gasteiger partial charge in [0.2, 0.25) is 0 Å². The maximum absolute atomic E-state index is 10.3. The average molecular weight is 302 g/mol. The SMILES string of the molecule is CC1=C(O)C[C@H]2[C@@H]3CC=C4CC(O)CC[C@]4(C)[C@@H]3CC[C@]12C. The molecule has 0 radical (unpaired) electrons. The van der Waals surface area contributed by atoms with Crippen LogP contribution >= 0.6 is 0 Å². The third-order valence-corrected chi connectivity index (χ3v) is 8.17. The van der Waals surface area contributed by atoms with E-state index in [2.05, 4.69) is 26.8 Å². The molecule has 4 aliphatic carbocycles. The predicted molar refractivity (Wildman–Crippen MR) is 88.4 cm³/mol. The van der Waals surface area contributed by atoms with Gasteiger partial charge in [0.1, 0.15) is 0 Å². The van der Waals surface area contributed by atoms with E-state index in [1.807, 2.05) is 0 Å². The van der Waals surface area contributed by atoms with Crippen LogP contribution in [0.15, 0.2) is 23.0 Å². The molecular weight excluding hydrogens is 272 g/mol. The van der Waals surface area contributed by atoms with Crippen LogP contribution in [-0.2, 0) is 0 Å². The van der Waals surface area contributed by atoms with Crippen LogP contribution in [-0.4, -0.2) is 16.3 Å². The molecule has 4 rings (SSSR count). The van der Waals surface area contributed by atoms with Crippen LogP contribution < -0.4 is 0 Å². The van der Waals surface area contributed by atoms with Crippen molar-refractivity contribution in [3.63, 3.8) is 0 Å². The molecular formula is C20H30O2. The average Bonchev–Trinajstić information content (AvgIpc) is 2.72. The van der Waals surface area contributed by atoms with Crippen LogP contribution in [0.3, 0.4) is 0 Å². The van der Waals surface area contributed by atoms with Gasteiger partial charge in [-0.3, -0.25) is 0 Å². The lowest BCUT2D eigenvalue weighted by molar-refractivity contribution is -0.0301. The predicted octanol–water partition coefficient (Wildman–Crippen LogP) is 4.75. The van der Waals surface area contributed by atoms with Crippen molar-refractivity contribution in [2.24, 2.45) is 28.6 Å². The summed E-state index contributed by atoms with van der Waals surface area (Å²) in [5.74, 6) is 2.75. The van der Waals surface area contributed by atoms with Gasteiger partial charge in [0.05, 0.1) is 11.9 Å². The van der Waals surface area contributed by atoms with Gasteiger partial charge in [-0.1, -0.05) is 25.5 Å². The Morgan fingerprint density at radius 3 is 2.55 bits per heavy atom. The van der Waals surface area contributed by atoms with Crippen molar-refractivity contribution in [1.82, 2.24) is 0 Å². The van der Waals surface area contributed by atoms with Crippen molar-refractivity contribution in [1.29, 1.82) is 0 Å². The highest BCUT2D eigenvalue weighted by Gasteiger charge is 2.57. The van der Waals surface area contributed by atoms with E-state index >= 15 is 0 Å². The Morgan fingerprint density at radius 1 is 1.05 bits per heavy atom. The standard InChI is InChI=1S/C20H30O2/c1-12-18(22)11-17-15-5-4-13-10-14(21)6-8-20(13,3)16(15)7-9-19(12,17)2/h4,14-17,21-22H,5-11H2,1-3H3/t14?,15-,16-,17+,19-,20+/m1/s1. The summed E-state index contributed by atoms with van der Waals surface area (Å²) in [6.07, 6.45) is 9.89. The second-order valence-corrected chi connectivity index (χ2v) is 8.89. The molecule has 2 heteroatoms. The molecule has 0 spiro atoms. The molecule has 0 heterocycles. The molecule has 22 heavy (non-hydrogen) atoms. The lowest BCUT2D eigenvalue weighted by Crippen LogP contribution is -2.49. The zero-order valence-electron chi connectivity index (χ0n) is 14.2. The van der Waals surface area contributed by atoms with Crippen molar-refractivity contribution in [3.05, 3.63) is 23.0 Å². The molecule has 0 aliphatic heterocycles. The summed E-state index contributed by atoms with van der Waals surface area (Å²) in [6.45, 7) is 7.00. The molecule has 0 bridgehead atoms. The van der Waals surface area contributed by atoms with Crippen LogP contribution in [0.4, 0.5) is 0 Å². The molecule has 122 valence electrons. The van der Waals surface area contributed by atoms with Crippen molar-refractivity contribution >= 4 is 0 Å². The molecule has 6 atom stereocenters. The molecule has 0 saturated heterocycles. The van der Waals surface area contributed by atoms with Crippen molar-refractivity contribution in [2.45, 2.75) is 71.8 Å². The Labute approximate surface area is 134 Å². The lowest BCUT2D eigenvalue weighted by Gasteiger charge is -2.57. The van der Waals surface area contributed by atoms with Crippen molar-refractivity contribution in [3.8, 4) is 0 Å². The van der Waals surface area contributed by atoms with Crippen LogP contribution in [0.1, 0.15) is 65.7 Å². The second-order valence-electron chi connectivity index (χ2n) is 8.89. The first-order chi connectivity index (χ1) is 10.4. The molecule has 4 aliphatic rings. The summed E-state index contributed by atoms with van der Waals surface area (Å²) >= 11 is 0. The van der Waals surface area contributed by atoms with E-state index in [1.165, 1.54) is 24.0 Å². The van der Waals surface area contributed by atoms with Gasteiger partial charge >= 0.3 is 0 Å². The summed E-state index contributed by atoms with van der Waals surface area (Å²) in [7, 11) is 0. The van der Waals surface area contributed by atoms with E-state index in [0.717, 1.165) is 38.0 Å². The van der Waals surface area contributed by atoms with Crippen LogP contribution in [0.2, 0.25) is 0 Å². The zero-order chi connectivity index (χ0) is 15.7. The first-order valence-corrected chi connectivity index (χ1v) is 9.13. The topological polar surface area (TPSA) is 40.5 Å². The summed E-state index contributed by atoms with van der Waals surface area (Å²) in [4.78, 5) is 0. The van der Waals surface area contributed by atoms with Crippen molar-refractivity contribution in [2.75, 3.05) is 0 Å². The minimum Gasteiger partial charge on any atom is -0.512 e. The number of hydrogen-bond donors (Lipinski definition) is 2. The summed E-state index contributed by atoms with van der Waals surface area (Å²) in [5.41, 5.74) is 3.31. The third kappa shape index (κ3) is 1.76. The van der Waals surface area contributed by atoms with Gasteiger partial charge in [0, 0.05) is 6.42 Å². The highest BCUT2D eigenvalue weighted by molar-refractivity contribution is 5.30. The van der Waals surface area contributed by atoms with E-state index < -0.39 is 0 Å². The zero-order valence-corrected chi connectivity index (χ0v) is 14.2. The summed E-state index contributed by atoms with van der Waals surface area (Å²) in [6, 6.07) is 0. The number of aliphatic hydroxyl groups excluding tert-OH is 2. The maximum atomic E-state index is 10.3. The van der Waals surface area contributed by atoms with Gasteiger partial charge in [0.15, 0.2) is 0 Å². The van der Waals surface area contributed by atoms with Gasteiger partial charge in [-0.05, 0) is 79.6 Å². The second kappa shape index (κ2) is 4.63. The molecule has 0 aromatic heterocycles. The Morgan fingerprint density at radius 2 is 1.77 bits per heavy atom. The molecule has 2 fully saturated rings. The van der Waals surface area contributed by atoms with Crippen LogP contribution in [0.5, 0.6) is 0 Å². The van der Waals surface area contributed by atoms with Gasteiger partial charge < -0.3 is 10.2 Å². The molecule has 0 aromatic rings. The van der Waals surface area contributed by atoms with Gasteiger partial charge in [-0.2, -0.15) is 0 Å². The fourth-order valence-electron chi connectivity index (χ4n) is 6.50. The molecule has 2 saturated carbocycles. The number of fused-ring (bicyclic) bond motifs is 5. The largest absolute Gasteiger partial charge is 0.512 e. The van der Waals surface area contributed by atoms with Gasteiger partial charge in [-0.25, -0.2) is 0 Å². The Bertz CT molecular complexity index is 560. The number of allylic oxidation sites excluding steroid dienone is 3. The van der Waals surface area contributed by atoms with Crippen LogP contribution in [0, 0.1) is 28.6 Å². The van der Waals surface area contributed by atoms with Gasteiger partial charge in [0.25, 0.3) is 0 Å². The Balaban J connectivity index is 1.69. The van der Waals surface area contributed by atoms with Crippen LogP contribution in [0.25, 0.3) is 0 Å². The number of hydrogen-bond acceptors (Lipinski definition) is 2. The fraction of sp³-hybridized carbons (Fsp3) is 0.800. The molecule has 0 amide bonds. The Hall–Kier alpha value is -0.760. The van der Waals surface area contributed by atoms with E-state index in [1.54, 1.807) is 0 Å².